The minimum atomic E-state index is 0.312. The Balaban J connectivity index is 1.76. The summed E-state index contributed by atoms with van der Waals surface area (Å²) in [6.07, 6.45) is 3.07. The summed E-state index contributed by atoms with van der Waals surface area (Å²) in [7, 11) is 2.20. The number of aromatic nitrogens is 3. The van der Waals surface area contributed by atoms with Crippen molar-refractivity contribution in [3.63, 3.8) is 0 Å². The largest absolute Gasteiger partial charge is 0.368 e. The number of rotatable bonds is 2. The van der Waals surface area contributed by atoms with Crippen molar-refractivity contribution in [2.45, 2.75) is 25.4 Å². The molecule has 2 saturated heterocycles. The number of likely N-dealkylation sites (tertiary alicyclic amines) is 1. The number of fused-ring (bicyclic) bond motifs is 2. The van der Waals surface area contributed by atoms with Crippen LogP contribution in [-0.2, 0) is 0 Å². The summed E-state index contributed by atoms with van der Waals surface area (Å²) in [5.74, 6) is 1.33. The molecule has 4 rings (SSSR count). The fraction of sp³-hybridized carbons (Fsp3) is 0.438. The molecule has 0 spiro atoms. The van der Waals surface area contributed by atoms with Gasteiger partial charge in [0.2, 0.25) is 5.95 Å². The van der Waals surface area contributed by atoms with E-state index in [1.165, 1.54) is 6.42 Å². The van der Waals surface area contributed by atoms with E-state index in [4.69, 9.17) is 5.73 Å². The van der Waals surface area contributed by atoms with Crippen LogP contribution in [0.4, 0.5) is 11.8 Å². The van der Waals surface area contributed by atoms with Gasteiger partial charge in [-0.1, -0.05) is 0 Å². The molecule has 6 nitrogen and oxygen atoms in total. The van der Waals surface area contributed by atoms with E-state index in [0.717, 1.165) is 35.9 Å². The van der Waals surface area contributed by atoms with Gasteiger partial charge in [0, 0.05) is 42.6 Å². The van der Waals surface area contributed by atoms with Crippen LogP contribution in [0.3, 0.4) is 0 Å². The van der Waals surface area contributed by atoms with E-state index in [-0.39, 0.29) is 0 Å². The summed E-state index contributed by atoms with van der Waals surface area (Å²) in [4.78, 5) is 18.1. The lowest BCUT2D eigenvalue weighted by molar-refractivity contribution is 0.292. The van der Waals surface area contributed by atoms with Gasteiger partial charge in [0.1, 0.15) is 5.82 Å². The second-order valence-corrected chi connectivity index (χ2v) is 6.26. The summed E-state index contributed by atoms with van der Waals surface area (Å²) in [6, 6.07) is 7.17. The van der Waals surface area contributed by atoms with Gasteiger partial charge in [-0.3, -0.25) is 4.90 Å². The molecule has 0 radical (unpaired) electrons. The average molecular weight is 296 g/mol. The molecule has 2 N–H and O–H groups in total. The molecule has 4 heterocycles. The molecule has 2 aliphatic heterocycles. The van der Waals surface area contributed by atoms with Crippen molar-refractivity contribution in [3.05, 3.63) is 30.1 Å². The van der Waals surface area contributed by atoms with Gasteiger partial charge in [-0.2, -0.15) is 0 Å². The van der Waals surface area contributed by atoms with Crippen LogP contribution in [0.1, 0.15) is 12.1 Å². The lowest BCUT2D eigenvalue weighted by atomic mass is 10.1. The van der Waals surface area contributed by atoms with Crippen LogP contribution in [0, 0.1) is 6.92 Å². The van der Waals surface area contributed by atoms with Crippen molar-refractivity contribution in [3.8, 4) is 11.3 Å². The molecule has 0 aliphatic carbocycles. The second-order valence-electron chi connectivity index (χ2n) is 6.26. The highest BCUT2D eigenvalue weighted by atomic mass is 15.4. The predicted molar refractivity (Wildman–Crippen MR) is 86.6 cm³/mol. The number of nitrogen functional groups attached to an aromatic ring is 1. The molecule has 2 aromatic heterocycles. The number of hydrogen-bond donors (Lipinski definition) is 1. The van der Waals surface area contributed by atoms with Crippen molar-refractivity contribution in [1.29, 1.82) is 0 Å². The van der Waals surface area contributed by atoms with Crippen molar-refractivity contribution < 1.29 is 0 Å². The number of aryl methyl sites for hydroxylation is 1. The molecule has 2 aromatic rings. The first-order valence-electron chi connectivity index (χ1n) is 7.65. The maximum absolute atomic E-state index is 5.82. The normalized spacial score (nSPS) is 24.2. The van der Waals surface area contributed by atoms with Crippen LogP contribution in [0.15, 0.2) is 24.4 Å². The van der Waals surface area contributed by atoms with Crippen molar-refractivity contribution in [2.75, 3.05) is 30.8 Å². The molecular weight excluding hydrogens is 276 g/mol. The molecule has 2 atom stereocenters. The van der Waals surface area contributed by atoms with E-state index in [1.54, 1.807) is 0 Å². The zero-order valence-electron chi connectivity index (χ0n) is 12.9. The lowest BCUT2D eigenvalue weighted by Crippen LogP contribution is -2.45. The Hall–Kier alpha value is -2.21. The van der Waals surface area contributed by atoms with Gasteiger partial charge in [0.05, 0.1) is 5.69 Å². The number of likely N-dealkylation sites (N-methyl/N-ethyl adjacent to an activating group) is 1. The van der Waals surface area contributed by atoms with Crippen LogP contribution in [0.25, 0.3) is 11.3 Å². The Morgan fingerprint density at radius 1 is 1.23 bits per heavy atom. The number of hydrogen-bond acceptors (Lipinski definition) is 6. The minimum Gasteiger partial charge on any atom is -0.368 e. The number of anilines is 2. The fourth-order valence-corrected chi connectivity index (χ4v) is 3.68. The Labute approximate surface area is 130 Å². The van der Waals surface area contributed by atoms with Crippen LogP contribution in [0.5, 0.6) is 0 Å². The van der Waals surface area contributed by atoms with E-state index >= 15 is 0 Å². The first kappa shape index (κ1) is 13.5. The van der Waals surface area contributed by atoms with Crippen molar-refractivity contribution in [2.24, 2.45) is 0 Å². The summed E-state index contributed by atoms with van der Waals surface area (Å²) in [5, 5.41) is 0. The first-order valence-corrected chi connectivity index (χ1v) is 7.65. The minimum absolute atomic E-state index is 0.312. The van der Waals surface area contributed by atoms with Gasteiger partial charge in [0.25, 0.3) is 0 Å². The summed E-state index contributed by atoms with van der Waals surface area (Å²) in [5.41, 5.74) is 8.58. The average Bonchev–Trinajstić information content (AvgIpc) is 3.05. The molecule has 2 fully saturated rings. The summed E-state index contributed by atoms with van der Waals surface area (Å²) >= 11 is 0. The molecule has 2 bridgehead atoms. The Morgan fingerprint density at radius 3 is 2.77 bits per heavy atom. The standard InChI is InChI=1S/C16H20N6/c1-10-6-14(20-16(17)19-10)13-4-3-5-18-15(13)22-9-11-7-12(22)8-21(11)2/h3-6,11-12H,7-9H2,1-2H3,(H2,17,19,20)/t11-,12-/m0/s1. The second kappa shape index (κ2) is 4.91. The van der Waals surface area contributed by atoms with E-state index < -0.39 is 0 Å². The molecule has 6 heteroatoms. The third-order valence-corrected chi connectivity index (χ3v) is 4.72. The zero-order valence-corrected chi connectivity index (χ0v) is 12.9. The Bertz CT molecular complexity index is 693. The quantitative estimate of drug-likeness (QED) is 0.901. The third kappa shape index (κ3) is 2.11. The van der Waals surface area contributed by atoms with Crippen LogP contribution in [-0.4, -0.2) is 52.1 Å². The van der Waals surface area contributed by atoms with E-state index in [2.05, 4.69) is 37.9 Å². The number of nitrogens with two attached hydrogens (primary N) is 1. The van der Waals surface area contributed by atoms with Crippen LogP contribution < -0.4 is 10.6 Å². The van der Waals surface area contributed by atoms with Crippen molar-refractivity contribution >= 4 is 11.8 Å². The van der Waals surface area contributed by atoms with Crippen LogP contribution in [0.2, 0.25) is 0 Å². The Morgan fingerprint density at radius 2 is 2.09 bits per heavy atom. The van der Waals surface area contributed by atoms with Crippen LogP contribution >= 0.6 is 0 Å². The van der Waals surface area contributed by atoms with E-state index in [1.807, 2.05) is 25.3 Å². The summed E-state index contributed by atoms with van der Waals surface area (Å²) in [6.45, 7) is 4.07. The molecule has 2 aliphatic rings. The number of piperazine rings is 1. The number of nitrogens with zero attached hydrogens (tertiary/aromatic N) is 5. The molecular formula is C16H20N6. The van der Waals surface area contributed by atoms with Gasteiger partial charge in [-0.25, -0.2) is 15.0 Å². The maximum Gasteiger partial charge on any atom is 0.220 e. The fourth-order valence-electron chi connectivity index (χ4n) is 3.68. The highest BCUT2D eigenvalue weighted by molar-refractivity contribution is 5.74. The molecule has 114 valence electrons. The monoisotopic (exact) mass is 296 g/mol. The van der Waals surface area contributed by atoms with Gasteiger partial charge >= 0.3 is 0 Å². The zero-order chi connectivity index (χ0) is 15.3. The lowest BCUT2D eigenvalue weighted by Gasteiger charge is -2.33. The third-order valence-electron chi connectivity index (χ3n) is 4.72. The summed E-state index contributed by atoms with van der Waals surface area (Å²) < 4.78 is 0. The van der Waals surface area contributed by atoms with Crippen molar-refractivity contribution in [1.82, 2.24) is 19.9 Å². The van der Waals surface area contributed by atoms with Gasteiger partial charge in [0.15, 0.2) is 0 Å². The highest BCUT2D eigenvalue weighted by Gasteiger charge is 2.42. The predicted octanol–water partition coefficient (Wildman–Crippen LogP) is 1.32. The first-order chi connectivity index (χ1) is 10.6. The SMILES string of the molecule is Cc1cc(-c2cccnc2N2C[C@@H]3C[C@H]2CN3C)nc(N)n1. The molecule has 0 saturated carbocycles. The smallest absolute Gasteiger partial charge is 0.220 e. The molecule has 0 unspecified atom stereocenters. The number of pyridine rings is 1. The Kier molecular flexibility index (Phi) is 3.00. The molecule has 0 aromatic carbocycles. The van der Waals surface area contributed by atoms with Gasteiger partial charge in [-0.05, 0) is 38.6 Å². The van der Waals surface area contributed by atoms with Gasteiger partial charge < -0.3 is 10.6 Å². The topological polar surface area (TPSA) is 71.2 Å². The maximum atomic E-state index is 5.82. The van der Waals surface area contributed by atoms with E-state index in [0.29, 0.717) is 18.0 Å². The van der Waals surface area contributed by atoms with Gasteiger partial charge in [-0.15, -0.1) is 0 Å². The molecule has 0 amide bonds. The highest BCUT2D eigenvalue weighted by Crippen LogP contribution is 2.37. The molecule has 22 heavy (non-hydrogen) atoms. The van der Waals surface area contributed by atoms with E-state index in [9.17, 15) is 0 Å².